The molecule has 0 bridgehead atoms. The standard InChI is InChI=1S/C66H128O17P2/c1-6-9-12-15-18-20-22-24-26-28-30-35-40-45-50-64(69)77-56-62(82-65(70)51-46-41-36-31-29-27-25-23-21-19-16-13-10-7-2)58-81-85(74,75)79-54-60(67)53-78-84(72,73)80-57-61(55-76-63(68)49-44-39-33-17-14-11-8-3)83-66(71)52-47-42-37-32-34-38-43-48-59(4)5/h59-62,67H,6-58H2,1-5H3,(H,72,73)(H,74,75)/t60-,61+,62+/m0/s1. The van der Waals surface area contributed by atoms with Crippen LogP contribution in [0.15, 0.2) is 0 Å². The Hall–Kier alpha value is -1.94. The highest BCUT2D eigenvalue weighted by molar-refractivity contribution is 7.47. The van der Waals surface area contributed by atoms with Crippen LogP contribution >= 0.6 is 15.6 Å². The molecule has 0 fully saturated rings. The molecule has 504 valence electrons. The predicted molar refractivity (Wildman–Crippen MR) is 340 cm³/mol. The lowest BCUT2D eigenvalue weighted by Gasteiger charge is -2.21. The van der Waals surface area contributed by atoms with Gasteiger partial charge in [-0.2, -0.15) is 0 Å². The lowest BCUT2D eigenvalue weighted by Crippen LogP contribution is -2.30. The van der Waals surface area contributed by atoms with Gasteiger partial charge in [-0.3, -0.25) is 37.3 Å². The average Bonchev–Trinajstić information content (AvgIpc) is 3.60. The van der Waals surface area contributed by atoms with Crippen molar-refractivity contribution >= 4 is 39.5 Å². The molecule has 17 nitrogen and oxygen atoms in total. The summed E-state index contributed by atoms with van der Waals surface area (Å²) in [5, 5.41) is 10.5. The Labute approximate surface area is 517 Å². The van der Waals surface area contributed by atoms with Gasteiger partial charge in [0.25, 0.3) is 0 Å². The molecular weight excluding hydrogens is 1130 g/mol. The van der Waals surface area contributed by atoms with Crippen molar-refractivity contribution in [2.45, 2.75) is 355 Å². The zero-order chi connectivity index (χ0) is 62.8. The molecule has 3 N–H and O–H groups in total. The Morgan fingerprint density at radius 3 is 0.800 bits per heavy atom. The monoisotopic (exact) mass is 1250 g/mol. The molecule has 85 heavy (non-hydrogen) atoms. The summed E-state index contributed by atoms with van der Waals surface area (Å²) in [5.41, 5.74) is 0. The number of phosphoric acid groups is 2. The molecule has 0 aliphatic carbocycles. The van der Waals surface area contributed by atoms with E-state index in [1.807, 2.05) is 0 Å². The van der Waals surface area contributed by atoms with Crippen LogP contribution < -0.4 is 0 Å². The van der Waals surface area contributed by atoms with E-state index in [2.05, 4.69) is 34.6 Å². The van der Waals surface area contributed by atoms with Crippen LogP contribution in [0.2, 0.25) is 0 Å². The number of hydrogen-bond donors (Lipinski definition) is 3. The summed E-state index contributed by atoms with van der Waals surface area (Å²) in [6, 6.07) is 0. The van der Waals surface area contributed by atoms with E-state index in [0.717, 1.165) is 103 Å². The Balaban J connectivity index is 5.21. The normalized spacial score (nSPS) is 14.2. The van der Waals surface area contributed by atoms with E-state index in [1.54, 1.807) is 0 Å². The highest BCUT2D eigenvalue weighted by Gasteiger charge is 2.30. The Bertz CT molecular complexity index is 1650. The van der Waals surface area contributed by atoms with Crippen molar-refractivity contribution in [3.8, 4) is 0 Å². The first-order valence-electron chi connectivity index (χ1n) is 34.6. The first kappa shape index (κ1) is 83.1. The number of rotatable bonds is 66. The molecule has 2 unspecified atom stereocenters. The van der Waals surface area contributed by atoms with Crippen molar-refractivity contribution in [3.63, 3.8) is 0 Å². The molecule has 0 amide bonds. The van der Waals surface area contributed by atoms with Gasteiger partial charge < -0.3 is 33.8 Å². The molecule has 0 rings (SSSR count). The van der Waals surface area contributed by atoms with E-state index in [1.165, 1.54) is 148 Å². The van der Waals surface area contributed by atoms with Gasteiger partial charge >= 0.3 is 39.5 Å². The van der Waals surface area contributed by atoms with Crippen molar-refractivity contribution < 1.29 is 80.2 Å². The molecule has 0 aromatic carbocycles. The number of aliphatic hydroxyl groups is 1. The first-order valence-corrected chi connectivity index (χ1v) is 37.6. The summed E-state index contributed by atoms with van der Waals surface area (Å²) in [6.07, 6.45) is 44.6. The van der Waals surface area contributed by atoms with E-state index in [-0.39, 0.29) is 25.7 Å². The fourth-order valence-electron chi connectivity index (χ4n) is 9.94. The summed E-state index contributed by atoms with van der Waals surface area (Å²) in [4.78, 5) is 72.2. The number of hydrogen-bond acceptors (Lipinski definition) is 15. The fourth-order valence-corrected chi connectivity index (χ4v) is 11.5. The van der Waals surface area contributed by atoms with E-state index < -0.39 is 97.5 Å². The second-order valence-electron chi connectivity index (χ2n) is 24.3. The maximum atomic E-state index is 13.0. The third-order valence-corrected chi connectivity index (χ3v) is 17.2. The van der Waals surface area contributed by atoms with Gasteiger partial charge in [0.15, 0.2) is 12.2 Å². The zero-order valence-corrected chi connectivity index (χ0v) is 56.5. The van der Waals surface area contributed by atoms with Gasteiger partial charge in [-0.15, -0.1) is 0 Å². The maximum absolute atomic E-state index is 13.0. The van der Waals surface area contributed by atoms with Gasteiger partial charge in [-0.1, -0.05) is 285 Å². The van der Waals surface area contributed by atoms with Gasteiger partial charge in [0.1, 0.15) is 19.3 Å². The van der Waals surface area contributed by atoms with Crippen LogP contribution in [0.1, 0.15) is 336 Å². The van der Waals surface area contributed by atoms with Gasteiger partial charge in [0.2, 0.25) is 0 Å². The summed E-state index contributed by atoms with van der Waals surface area (Å²) >= 11 is 0. The minimum absolute atomic E-state index is 0.103. The van der Waals surface area contributed by atoms with Crippen molar-refractivity contribution in [1.82, 2.24) is 0 Å². The van der Waals surface area contributed by atoms with Crippen LogP contribution in [0, 0.1) is 5.92 Å². The average molecular weight is 1260 g/mol. The van der Waals surface area contributed by atoms with Crippen LogP contribution in [0.25, 0.3) is 0 Å². The largest absolute Gasteiger partial charge is 0.472 e. The van der Waals surface area contributed by atoms with Crippen LogP contribution in [0.3, 0.4) is 0 Å². The molecule has 0 heterocycles. The lowest BCUT2D eigenvalue weighted by atomic mass is 10.0. The van der Waals surface area contributed by atoms with Crippen molar-refractivity contribution in [2.24, 2.45) is 5.92 Å². The molecule has 0 aliphatic heterocycles. The SMILES string of the molecule is CCCCCCCCCCCCCCCCC(=O)OC[C@H](COP(=O)(O)OC[C@@H](O)COP(=O)(O)OC[C@@H](COC(=O)CCCCCCCCC)OC(=O)CCCCCCCCCC(C)C)OC(=O)CCCCCCCCCCCCCCCC. The number of esters is 4. The molecule has 0 radical (unpaired) electrons. The Kier molecular flexibility index (Phi) is 58.3. The molecule has 0 saturated carbocycles. The third-order valence-electron chi connectivity index (χ3n) is 15.3. The van der Waals surface area contributed by atoms with Crippen LogP contribution in [-0.4, -0.2) is 96.7 Å². The number of carbonyl (C=O) groups excluding carboxylic acids is 4. The molecule has 0 spiro atoms. The topological polar surface area (TPSA) is 237 Å². The second kappa shape index (κ2) is 59.7. The number of carbonyl (C=O) groups is 4. The lowest BCUT2D eigenvalue weighted by molar-refractivity contribution is -0.161. The summed E-state index contributed by atoms with van der Waals surface area (Å²) in [5.74, 6) is -1.44. The van der Waals surface area contributed by atoms with Gasteiger partial charge in [-0.05, 0) is 31.6 Å². The fraction of sp³-hybridized carbons (Fsp3) is 0.939. The Morgan fingerprint density at radius 2 is 0.541 bits per heavy atom. The quantitative estimate of drug-likeness (QED) is 0.0222. The second-order valence-corrected chi connectivity index (χ2v) is 27.2. The minimum atomic E-state index is -4.95. The zero-order valence-electron chi connectivity index (χ0n) is 54.7. The molecule has 5 atom stereocenters. The van der Waals surface area contributed by atoms with Crippen molar-refractivity contribution in [3.05, 3.63) is 0 Å². The summed E-state index contributed by atoms with van der Waals surface area (Å²) in [7, 11) is -9.89. The first-order chi connectivity index (χ1) is 41.0. The number of unbranched alkanes of at least 4 members (excludes halogenated alkanes) is 38. The van der Waals surface area contributed by atoms with Crippen molar-refractivity contribution in [1.29, 1.82) is 0 Å². The minimum Gasteiger partial charge on any atom is -0.462 e. The van der Waals surface area contributed by atoms with Gasteiger partial charge in [-0.25, -0.2) is 9.13 Å². The summed E-state index contributed by atoms with van der Waals surface area (Å²) in [6.45, 7) is 7.12. The van der Waals surface area contributed by atoms with E-state index in [9.17, 15) is 43.2 Å². The number of aliphatic hydroxyl groups excluding tert-OH is 1. The maximum Gasteiger partial charge on any atom is 0.472 e. The molecule has 0 aliphatic rings. The van der Waals surface area contributed by atoms with E-state index in [0.29, 0.717) is 31.6 Å². The Morgan fingerprint density at radius 1 is 0.318 bits per heavy atom. The number of ether oxygens (including phenoxy) is 4. The molecule has 0 aromatic rings. The molecular formula is C66H128O17P2. The van der Waals surface area contributed by atoms with E-state index in [4.69, 9.17) is 37.0 Å². The molecule has 0 saturated heterocycles. The predicted octanol–water partition coefficient (Wildman–Crippen LogP) is 18.6. The van der Waals surface area contributed by atoms with Crippen molar-refractivity contribution in [2.75, 3.05) is 39.6 Å². The van der Waals surface area contributed by atoms with Crippen LogP contribution in [-0.2, 0) is 65.4 Å². The third kappa shape index (κ3) is 60.7. The van der Waals surface area contributed by atoms with Crippen LogP contribution in [0.4, 0.5) is 0 Å². The molecule has 19 heteroatoms. The smallest absolute Gasteiger partial charge is 0.462 e. The van der Waals surface area contributed by atoms with Gasteiger partial charge in [0.05, 0.1) is 26.4 Å². The van der Waals surface area contributed by atoms with Gasteiger partial charge in [0, 0.05) is 25.7 Å². The molecule has 0 aromatic heterocycles. The highest BCUT2D eigenvalue weighted by atomic mass is 31.2. The van der Waals surface area contributed by atoms with E-state index >= 15 is 0 Å². The highest BCUT2D eigenvalue weighted by Crippen LogP contribution is 2.45. The summed E-state index contributed by atoms with van der Waals surface area (Å²) < 4.78 is 68.0. The number of phosphoric ester groups is 2. The van der Waals surface area contributed by atoms with Crippen LogP contribution in [0.5, 0.6) is 0 Å².